The molecule has 1 unspecified atom stereocenters. The molecule has 4 aromatic rings. The second kappa shape index (κ2) is 11.0. The first-order valence-corrected chi connectivity index (χ1v) is 11.8. The Morgan fingerprint density at radius 1 is 1.15 bits per heavy atom. The largest absolute Gasteiger partial charge is 0.483 e. The van der Waals surface area contributed by atoms with Crippen LogP contribution in [0.1, 0.15) is 24.4 Å². The molecule has 0 bridgehead atoms. The van der Waals surface area contributed by atoms with Gasteiger partial charge >= 0.3 is 0 Å². The van der Waals surface area contributed by atoms with E-state index in [1.165, 1.54) is 17.8 Å². The van der Waals surface area contributed by atoms with Gasteiger partial charge in [0.25, 0.3) is 0 Å². The van der Waals surface area contributed by atoms with E-state index < -0.39 is 5.82 Å². The molecule has 0 aliphatic rings. The minimum Gasteiger partial charge on any atom is -0.483 e. The zero-order chi connectivity index (χ0) is 23.9. The molecule has 0 spiro atoms. The van der Waals surface area contributed by atoms with Crippen molar-refractivity contribution in [1.29, 1.82) is 0 Å². The summed E-state index contributed by atoms with van der Waals surface area (Å²) in [5.41, 5.74) is 1.04. The number of nitrogens with zero attached hydrogens (tertiary/aromatic N) is 3. The van der Waals surface area contributed by atoms with E-state index in [1.807, 2.05) is 25.1 Å². The summed E-state index contributed by atoms with van der Waals surface area (Å²) in [5.74, 6) is 0.302. The zero-order valence-corrected chi connectivity index (χ0v) is 19.6. The summed E-state index contributed by atoms with van der Waals surface area (Å²) < 4.78 is 21.2. The molecule has 34 heavy (non-hydrogen) atoms. The Morgan fingerprint density at radius 2 is 1.91 bits per heavy atom. The van der Waals surface area contributed by atoms with Gasteiger partial charge in [0, 0.05) is 6.54 Å². The molecule has 0 saturated carbocycles. The Labute approximate surface area is 201 Å². The van der Waals surface area contributed by atoms with E-state index in [0.717, 1.165) is 16.3 Å². The number of benzene rings is 3. The highest BCUT2D eigenvalue weighted by atomic mass is 32.2. The Hall–Kier alpha value is -3.65. The lowest BCUT2D eigenvalue weighted by Gasteiger charge is -2.15. The van der Waals surface area contributed by atoms with Crippen LogP contribution in [0.15, 0.2) is 84.5 Å². The first-order valence-electron chi connectivity index (χ1n) is 10.9. The van der Waals surface area contributed by atoms with Gasteiger partial charge in [-0.25, -0.2) is 4.39 Å². The van der Waals surface area contributed by atoms with Crippen LogP contribution in [-0.2, 0) is 17.9 Å². The van der Waals surface area contributed by atoms with E-state index in [0.29, 0.717) is 17.5 Å². The van der Waals surface area contributed by atoms with Crippen molar-refractivity contribution >= 4 is 28.4 Å². The summed E-state index contributed by atoms with van der Waals surface area (Å²) in [6, 6.07) is 20.4. The highest BCUT2D eigenvalue weighted by molar-refractivity contribution is 7.99. The van der Waals surface area contributed by atoms with Crippen LogP contribution in [0, 0.1) is 5.82 Å². The molecule has 1 amide bonds. The molecule has 0 saturated heterocycles. The van der Waals surface area contributed by atoms with Crippen LogP contribution < -0.4 is 10.1 Å². The van der Waals surface area contributed by atoms with E-state index in [2.05, 4.69) is 46.4 Å². The highest BCUT2D eigenvalue weighted by Gasteiger charge is 2.16. The SMILES string of the molecule is C=CCn1c(COc2ccccc2F)nnc1SCC(=O)NC(C)c1ccc2ccccc2c1. The topological polar surface area (TPSA) is 69.0 Å². The van der Waals surface area contributed by atoms with E-state index >= 15 is 0 Å². The van der Waals surface area contributed by atoms with Crippen molar-refractivity contribution < 1.29 is 13.9 Å². The Bertz CT molecular complexity index is 1310. The van der Waals surface area contributed by atoms with Gasteiger partial charge in [0.1, 0.15) is 6.61 Å². The number of rotatable bonds is 10. The summed E-state index contributed by atoms with van der Waals surface area (Å²) in [6.45, 7) is 6.23. The Kier molecular flexibility index (Phi) is 7.59. The second-order valence-electron chi connectivity index (χ2n) is 7.70. The molecule has 0 fully saturated rings. The molecular formula is C26H25FN4O2S. The van der Waals surface area contributed by atoms with E-state index in [1.54, 1.807) is 28.8 Å². The Morgan fingerprint density at radius 3 is 2.71 bits per heavy atom. The molecule has 1 heterocycles. The third-order valence-corrected chi connectivity index (χ3v) is 6.25. The van der Waals surface area contributed by atoms with Gasteiger partial charge in [-0.2, -0.15) is 0 Å². The molecule has 0 aliphatic heterocycles. The van der Waals surface area contributed by atoms with E-state index in [9.17, 15) is 9.18 Å². The molecule has 0 aliphatic carbocycles. The minimum absolute atomic E-state index is 0.0491. The maximum Gasteiger partial charge on any atom is 0.230 e. The number of amides is 1. The minimum atomic E-state index is -0.441. The molecule has 174 valence electrons. The fourth-order valence-electron chi connectivity index (χ4n) is 3.52. The van der Waals surface area contributed by atoms with Crippen LogP contribution in [-0.4, -0.2) is 26.4 Å². The number of para-hydroxylation sites is 1. The third-order valence-electron chi connectivity index (χ3n) is 5.28. The molecule has 1 N–H and O–H groups in total. The first kappa shape index (κ1) is 23.5. The normalized spacial score (nSPS) is 11.8. The fourth-order valence-corrected chi connectivity index (χ4v) is 4.30. The van der Waals surface area contributed by atoms with Gasteiger partial charge in [-0.3, -0.25) is 9.36 Å². The van der Waals surface area contributed by atoms with Crippen molar-refractivity contribution in [2.75, 3.05) is 5.75 Å². The monoisotopic (exact) mass is 476 g/mol. The predicted molar refractivity (Wildman–Crippen MR) is 132 cm³/mol. The molecule has 4 rings (SSSR count). The lowest BCUT2D eigenvalue weighted by molar-refractivity contribution is -0.119. The van der Waals surface area contributed by atoms with E-state index in [4.69, 9.17) is 4.74 Å². The van der Waals surface area contributed by atoms with Crippen molar-refractivity contribution in [2.45, 2.75) is 31.3 Å². The molecular weight excluding hydrogens is 451 g/mol. The van der Waals surface area contributed by atoms with Gasteiger partial charge in [-0.05, 0) is 41.5 Å². The van der Waals surface area contributed by atoms with E-state index in [-0.39, 0.29) is 30.1 Å². The number of carbonyl (C=O) groups excluding carboxylic acids is 1. The lowest BCUT2D eigenvalue weighted by atomic mass is 10.0. The smallest absolute Gasteiger partial charge is 0.230 e. The number of hydrogen-bond donors (Lipinski definition) is 1. The molecule has 8 heteroatoms. The van der Waals surface area contributed by atoms with Crippen LogP contribution in [0.3, 0.4) is 0 Å². The van der Waals surface area contributed by atoms with Gasteiger partial charge in [0.05, 0.1) is 11.8 Å². The van der Waals surface area contributed by atoms with Crippen LogP contribution in [0.2, 0.25) is 0 Å². The summed E-state index contributed by atoms with van der Waals surface area (Å²) in [5, 5.41) is 14.3. The number of halogens is 1. The van der Waals surface area contributed by atoms with Crippen LogP contribution >= 0.6 is 11.8 Å². The van der Waals surface area contributed by atoms with Gasteiger partial charge in [-0.1, -0.05) is 66.4 Å². The number of ether oxygens (including phenoxy) is 1. The molecule has 0 radical (unpaired) electrons. The van der Waals surface area contributed by atoms with Gasteiger partial charge in [0.15, 0.2) is 22.5 Å². The summed E-state index contributed by atoms with van der Waals surface area (Å²) in [4.78, 5) is 12.6. The van der Waals surface area contributed by atoms with Crippen molar-refractivity contribution in [3.05, 3.63) is 96.6 Å². The number of nitrogens with one attached hydrogen (secondary N) is 1. The molecule has 1 atom stereocenters. The molecule has 6 nitrogen and oxygen atoms in total. The maximum atomic E-state index is 13.8. The fraction of sp³-hybridized carbons (Fsp3) is 0.192. The van der Waals surface area contributed by atoms with Gasteiger partial charge in [0.2, 0.25) is 5.91 Å². The van der Waals surface area contributed by atoms with Gasteiger partial charge in [-0.15, -0.1) is 16.8 Å². The first-order chi connectivity index (χ1) is 16.5. The van der Waals surface area contributed by atoms with Crippen LogP contribution in [0.4, 0.5) is 4.39 Å². The average molecular weight is 477 g/mol. The summed E-state index contributed by atoms with van der Waals surface area (Å²) >= 11 is 1.28. The summed E-state index contributed by atoms with van der Waals surface area (Å²) in [6.07, 6.45) is 1.71. The predicted octanol–water partition coefficient (Wildman–Crippen LogP) is 5.30. The van der Waals surface area contributed by atoms with Crippen molar-refractivity contribution in [1.82, 2.24) is 20.1 Å². The summed E-state index contributed by atoms with van der Waals surface area (Å²) in [7, 11) is 0. The maximum absolute atomic E-state index is 13.8. The van der Waals surface area contributed by atoms with Crippen LogP contribution in [0.5, 0.6) is 5.75 Å². The highest BCUT2D eigenvalue weighted by Crippen LogP contribution is 2.22. The third kappa shape index (κ3) is 5.63. The number of hydrogen-bond acceptors (Lipinski definition) is 5. The molecule has 1 aromatic heterocycles. The second-order valence-corrected chi connectivity index (χ2v) is 8.64. The van der Waals surface area contributed by atoms with Crippen molar-refractivity contribution in [2.24, 2.45) is 0 Å². The quantitative estimate of drug-likeness (QED) is 0.248. The average Bonchev–Trinajstić information content (AvgIpc) is 3.23. The number of thioether (sulfide) groups is 1. The lowest BCUT2D eigenvalue weighted by Crippen LogP contribution is -2.28. The number of carbonyl (C=O) groups is 1. The standard InChI is InChI=1S/C26H25FN4O2S/c1-3-14-31-24(16-33-23-11-7-6-10-22(23)27)29-30-26(31)34-17-25(32)28-18(2)20-13-12-19-8-4-5-9-21(19)15-20/h3-13,15,18H,1,14,16-17H2,2H3,(H,28,32). The van der Waals surface area contributed by atoms with Gasteiger partial charge < -0.3 is 10.1 Å². The number of allylic oxidation sites excluding steroid dienone is 1. The zero-order valence-electron chi connectivity index (χ0n) is 18.8. The van der Waals surface area contributed by atoms with Crippen LogP contribution in [0.25, 0.3) is 10.8 Å². The number of fused-ring (bicyclic) bond motifs is 1. The molecule has 3 aromatic carbocycles. The Balaban J connectivity index is 1.36. The van der Waals surface area contributed by atoms with Crippen molar-refractivity contribution in [3.63, 3.8) is 0 Å². The van der Waals surface area contributed by atoms with Crippen molar-refractivity contribution in [3.8, 4) is 5.75 Å². The number of aromatic nitrogens is 3.